The summed E-state index contributed by atoms with van der Waals surface area (Å²) >= 11 is 0. The molecule has 0 amide bonds. The van der Waals surface area contributed by atoms with E-state index in [-0.39, 0.29) is 0 Å². The molecule has 2 aromatic rings. The van der Waals surface area contributed by atoms with Gasteiger partial charge in [0.2, 0.25) is 0 Å². The van der Waals surface area contributed by atoms with Gasteiger partial charge in [0.25, 0.3) is 0 Å². The molecular weight excluding hydrogens is 308 g/mol. The number of anilines is 2. The Labute approximate surface area is 151 Å². The summed E-state index contributed by atoms with van der Waals surface area (Å²) in [5, 5.41) is 6.59. The number of para-hydroxylation sites is 1. The first-order chi connectivity index (χ1) is 12.1. The third-order valence-corrected chi connectivity index (χ3v) is 3.56. The molecule has 0 atom stereocenters. The number of nitrogens with one attached hydrogen (secondary N) is 2. The van der Waals surface area contributed by atoms with Gasteiger partial charge >= 0.3 is 0 Å². The Kier molecular flexibility index (Phi) is 8.90. The Morgan fingerprint density at radius 2 is 1.48 bits per heavy atom. The second kappa shape index (κ2) is 10.9. The predicted octanol–water partition coefficient (Wildman–Crippen LogP) is 4.21. The highest BCUT2D eigenvalue weighted by molar-refractivity contribution is 5.79. The SMILES string of the molecule is C=C(C(CNCC)=C(N)N)c1ccc(Nc2ccccc2)cc1.CC. The fourth-order valence-electron chi connectivity index (χ4n) is 2.25. The normalized spacial score (nSPS) is 9.56. The Morgan fingerprint density at radius 3 is 2.00 bits per heavy atom. The van der Waals surface area contributed by atoms with Crippen LogP contribution in [0.3, 0.4) is 0 Å². The first kappa shape index (κ1) is 20.3. The molecule has 0 aromatic heterocycles. The van der Waals surface area contributed by atoms with Crippen LogP contribution in [0.25, 0.3) is 5.57 Å². The maximum atomic E-state index is 5.79. The van der Waals surface area contributed by atoms with E-state index in [0.29, 0.717) is 12.4 Å². The molecule has 0 aliphatic heterocycles. The van der Waals surface area contributed by atoms with Gasteiger partial charge in [0.1, 0.15) is 0 Å². The van der Waals surface area contributed by atoms with Crippen LogP contribution >= 0.6 is 0 Å². The largest absolute Gasteiger partial charge is 0.385 e. The van der Waals surface area contributed by atoms with Crippen LogP contribution in [0.15, 0.2) is 72.6 Å². The Bertz CT molecular complexity index is 669. The van der Waals surface area contributed by atoms with Crippen molar-refractivity contribution >= 4 is 16.9 Å². The minimum absolute atomic E-state index is 0.308. The van der Waals surface area contributed by atoms with E-state index in [0.717, 1.165) is 34.6 Å². The van der Waals surface area contributed by atoms with Gasteiger partial charge in [-0.1, -0.05) is 57.7 Å². The van der Waals surface area contributed by atoms with Gasteiger partial charge in [-0.05, 0) is 41.9 Å². The molecule has 0 fully saturated rings. The van der Waals surface area contributed by atoms with Gasteiger partial charge in [-0.15, -0.1) is 0 Å². The second-order valence-corrected chi connectivity index (χ2v) is 5.26. The molecule has 134 valence electrons. The molecule has 2 rings (SSSR count). The summed E-state index contributed by atoms with van der Waals surface area (Å²) in [6, 6.07) is 18.1. The van der Waals surface area contributed by atoms with Crippen LogP contribution in [-0.2, 0) is 0 Å². The molecule has 0 saturated heterocycles. The lowest BCUT2D eigenvalue weighted by atomic mass is 9.99. The van der Waals surface area contributed by atoms with Crippen molar-refractivity contribution in [3.8, 4) is 0 Å². The average Bonchev–Trinajstić information content (AvgIpc) is 2.65. The van der Waals surface area contributed by atoms with E-state index in [1.807, 2.05) is 75.4 Å². The van der Waals surface area contributed by atoms with Gasteiger partial charge in [0.05, 0.1) is 5.82 Å². The maximum Gasteiger partial charge on any atom is 0.0985 e. The van der Waals surface area contributed by atoms with Gasteiger partial charge in [0, 0.05) is 23.5 Å². The van der Waals surface area contributed by atoms with Crippen molar-refractivity contribution in [1.82, 2.24) is 5.32 Å². The van der Waals surface area contributed by atoms with Gasteiger partial charge in [-0.3, -0.25) is 0 Å². The lowest BCUT2D eigenvalue weighted by molar-refractivity contribution is 0.780. The van der Waals surface area contributed by atoms with Gasteiger partial charge in [-0.25, -0.2) is 0 Å². The van der Waals surface area contributed by atoms with E-state index in [1.54, 1.807) is 0 Å². The Hall–Kier alpha value is -2.72. The summed E-state index contributed by atoms with van der Waals surface area (Å²) in [6.07, 6.45) is 0. The molecule has 2 aromatic carbocycles. The zero-order valence-corrected chi connectivity index (χ0v) is 15.5. The van der Waals surface area contributed by atoms with Crippen LogP contribution in [0.4, 0.5) is 11.4 Å². The van der Waals surface area contributed by atoms with E-state index in [4.69, 9.17) is 11.5 Å². The second-order valence-electron chi connectivity index (χ2n) is 5.26. The predicted molar refractivity (Wildman–Crippen MR) is 110 cm³/mol. The minimum atomic E-state index is 0.308. The van der Waals surface area contributed by atoms with E-state index in [2.05, 4.69) is 17.2 Å². The Morgan fingerprint density at radius 1 is 0.920 bits per heavy atom. The van der Waals surface area contributed by atoms with E-state index < -0.39 is 0 Å². The minimum Gasteiger partial charge on any atom is -0.385 e. The molecule has 4 heteroatoms. The van der Waals surface area contributed by atoms with Crippen LogP contribution in [0.1, 0.15) is 26.3 Å². The summed E-state index contributed by atoms with van der Waals surface area (Å²) in [7, 11) is 0. The molecule has 0 unspecified atom stereocenters. The van der Waals surface area contributed by atoms with Crippen molar-refractivity contribution < 1.29 is 0 Å². The summed E-state index contributed by atoms with van der Waals surface area (Å²) in [6.45, 7) is 11.6. The lowest BCUT2D eigenvalue weighted by Crippen LogP contribution is -2.23. The van der Waals surface area contributed by atoms with Crippen molar-refractivity contribution in [1.29, 1.82) is 0 Å². The molecule has 25 heavy (non-hydrogen) atoms. The summed E-state index contributed by atoms with van der Waals surface area (Å²) in [5.41, 5.74) is 16.3. The summed E-state index contributed by atoms with van der Waals surface area (Å²) in [5.74, 6) is 0.308. The van der Waals surface area contributed by atoms with Gasteiger partial charge in [-0.2, -0.15) is 0 Å². The van der Waals surface area contributed by atoms with Crippen molar-refractivity contribution in [2.45, 2.75) is 20.8 Å². The van der Waals surface area contributed by atoms with E-state index in [9.17, 15) is 0 Å². The first-order valence-electron chi connectivity index (χ1n) is 8.68. The van der Waals surface area contributed by atoms with E-state index in [1.165, 1.54) is 0 Å². The fourth-order valence-corrected chi connectivity index (χ4v) is 2.25. The Balaban J connectivity index is 0.00000151. The quantitative estimate of drug-likeness (QED) is 0.571. The monoisotopic (exact) mass is 338 g/mol. The fraction of sp³-hybridized carbons (Fsp3) is 0.238. The summed E-state index contributed by atoms with van der Waals surface area (Å²) in [4.78, 5) is 0. The molecular formula is C21H30N4. The zero-order chi connectivity index (χ0) is 18.7. The number of nitrogens with two attached hydrogens (primary N) is 2. The van der Waals surface area contributed by atoms with Crippen LogP contribution in [0, 0.1) is 0 Å². The average molecular weight is 338 g/mol. The highest BCUT2D eigenvalue weighted by Gasteiger charge is 2.08. The molecule has 0 aliphatic rings. The number of rotatable bonds is 7. The standard InChI is InChI=1S/C19H24N4.C2H6/c1-3-22-13-18(19(20)21)14(2)15-9-11-17(12-10-15)23-16-7-5-4-6-8-16;1-2/h4-12,22-23H,2-3,13,20-21H2,1H3;1-2H3. The highest BCUT2D eigenvalue weighted by atomic mass is 14.9. The number of hydrogen-bond donors (Lipinski definition) is 4. The van der Waals surface area contributed by atoms with Gasteiger partial charge < -0.3 is 22.1 Å². The first-order valence-corrected chi connectivity index (χ1v) is 8.68. The molecule has 0 saturated carbocycles. The zero-order valence-electron chi connectivity index (χ0n) is 15.5. The van der Waals surface area contributed by atoms with Crippen molar-refractivity contribution in [2.24, 2.45) is 11.5 Å². The van der Waals surface area contributed by atoms with E-state index >= 15 is 0 Å². The topological polar surface area (TPSA) is 76.1 Å². The molecule has 0 bridgehead atoms. The van der Waals surface area contributed by atoms with Crippen LogP contribution in [0.2, 0.25) is 0 Å². The highest BCUT2D eigenvalue weighted by Crippen LogP contribution is 2.24. The summed E-state index contributed by atoms with van der Waals surface area (Å²) < 4.78 is 0. The third-order valence-electron chi connectivity index (χ3n) is 3.56. The molecule has 0 aliphatic carbocycles. The number of hydrogen-bond acceptors (Lipinski definition) is 4. The molecule has 6 N–H and O–H groups in total. The molecule has 0 radical (unpaired) electrons. The lowest BCUT2D eigenvalue weighted by Gasteiger charge is -2.14. The molecule has 4 nitrogen and oxygen atoms in total. The van der Waals surface area contributed by atoms with Crippen molar-refractivity contribution in [3.05, 3.63) is 78.1 Å². The number of likely N-dealkylation sites (N-methyl/N-ethyl adjacent to an activating group) is 1. The number of benzene rings is 2. The maximum absolute atomic E-state index is 5.79. The van der Waals surface area contributed by atoms with Crippen LogP contribution in [-0.4, -0.2) is 13.1 Å². The van der Waals surface area contributed by atoms with Crippen LogP contribution in [0.5, 0.6) is 0 Å². The smallest absolute Gasteiger partial charge is 0.0985 e. The van der Waals surface area contributed by atoms with Crippen LogP contribution < -0.4 is 22.1 Å². The van der Waals surface area contributed by atoms with Crippen molar-refractivity contribution in [3.63, 3.8) is 0 Å². The van der Waals surface area contributed by atoms with Crippen molar-refractivity contribution in [2.75, 3.05) is 18.4 Å². The molecule has 0 spiro atoms. The van der Waals surface area contributed by atoms with Gasteiger partial charge in [0.15, 0.2) is 0 Å². The molecule has 0 heterocycles. The third kappa shape index (κ3) is 6.36.